The summed E-state index contributed by atoms with van der Waals surface area (Å²) in [6, 6.07) is 6.30. The Bertz CT molecular complexity index is 390. The summed E-state index contributed by atoms with van der Waals surface area (Å²) in [5.41, 5.74) is 1.83. The largest absolute Gasteiger partial charge is 0.343 e. The van der Waals surface area contributed by atoms with Crippen LogP contribution in [0, 0.1) is 13.0 Å². The molecule has 1 aliphatic heterocycles. The Balaban J connectivity index is 0.000000845. The number of Topliss-reactive ketones (excluding diaryl/α,β-unsaturated/α-hetero) is 1. The minimum Gasteiger partial charge on any atom is -0.343 e. The Hall–Kier alpha value is -0.263. The molecule has 0 spiro atoms. The predicted molar refractivity (Wildman–Crippen MR) is 43.0 cm³/mol. The van der Waals surface area contributed by atoms with Crippen molar-refractivity contribution in [1.82, 2.24) is 0 Å². The minimum atomic E-state index is -0.563. The van der Waals surface area contributed by atoms with Gasteiger partial charge in [0.05, 0.1) is 0 Å². The Morgan fingerprint density at radius 3 is 2.50 bits per heavy atom. The van der Waals surface area contributed by atoms with Crippen molar-refractivity contribution in [3.63, 3.8) is 0 Å². The molecule has 0 saturated carbocycles. The Morgan fingerprint density at radius 2 is 1.86 bits per heavy atom. The molecular formula is C9H6NO2W2-. The third-order valence-electron chi connectivity index (χ3n) is 1.78. The van der Waals surface area contributed by atoms with Gasteiger partial charge in [-0.25, -0.2) is 0 Å². The number of aryl methyl sites for hydroxylation is 1. The normalized spacial score (nSPS) is 12.4. The molecule has 0 atom stereocenters. The Kier molecular flexibility index (Phi) is 4.90. The van der Waals surface area contributed by atoms with Crippen molar-refractivity contribution in [3.05, 3.63) is 29.3 Å². The van der Waals surface area contributed by atoms with E-state index in [1.54, 1.807) is 12.1 Å². The van der Waals surface area contributed by atoms with Gasteiger partial charge in [-0.05, 0) is 0 Å². The van der Waals surface area contributed by atoms with Crippen LogP contribution in [0.25, 0.3) is 0 Å². The van der Waals surface area contributed by atoms with E-state index in [-0.39, 0.29) is 42.1 Å². The number of carbonyl (C=O) groups is 2. The van der Waals surface area contributed by atoms with Crippen LogP contribution in [0.4, 0.5) is 5.69 Å². The van der Waals surface area contributed by atoms with Gasteiger partial charge in [0, 0.05) is 42.1 Å². The molecule has 1 N–H and O–H groups in total. The van der Waals surface area contributed by atoms with Gasteiger partial charge >= 0.3 is 0 Å². The number of fused-ring (bicyclic) bond motifs is 1. The maximum atomic E-state index is 11.1. The van der Waals surface area contributed by atoms with E-state index in [2.05, 4.69) is 11.4 Å². The number of ketones is 1. The number of carbonyl (C=O) groups excluding carboxylic acids is 2. The van der Waals surface area contributed by atoms with E-state index in [1.807, 2.05) is 6.92 Å². The number of hydrogen-bond donors (Lipinski definition) is 1. The number of hydrogen-bond acceptors (Lipinski definition) is 2. The molecule has 0 radical (unpaired) electrons. The molecule has 0 aliphatic carbocycles. The fourth-order valence-electron chi connectivity index (χ4n) is 1.18. The SMILES string of the molecule is Cc1[c-]c2c(cc1)C(=O)C(=O)N2.[W].[W]. The van der Waals surface area contributed by atoms with E-state index in [9.17, 15) is 9.59 Å². The van der Waals surface area contributed by atoms with Crippen LogP contribution in [-0.2, 0) is 46.9 Å². The van der Waals surface area contributed by atoms with E-state index in [0.29, 0.717) is 11.3 Å². The van der Waals surface area contributed by atoms with Gasteiger partial charge in [-0.3, -0.25) is 9.59 Å². The molecule has 0 saturated heterocycles. The maximum Gasteiger partial charge on any atom is 0.282 e. The van der Waals surface area contributed by atoms with E-state index in [1.165, 1.54) is 0 Å². The van der Waals surface area contributed by atoms with Crippen molar-refractivity contribution in [1.29, 1.82) is 0 Å². The molecule has 0 unspecified atom stereocenters. The molecule has 1 aromatic carbocycles. The number of amides is 1. The summed E-state index contributed by atoms with van der Waals surface area (Å²) < 4.78 is 0. The summed E-state index contributed by atoms with van der Waals surface area (Å²) in [5.74, 6) is -1.03. The molecule has 2 rings (SSSR count). The van der Waals surface area contributed by atoms with Crippen molar-refractivity contribution in [2.75, 3.05) is 5.32 Å². The molecular weight excluding hydrogens is 522 g/mol. The molecule has 1 heterocycles. The van der Waals surface area contributed by atoms with Crippen LogP contribution in [0.15, 0.2) is 12.1 Å². The molecule has 0 fully saturated rings. The monoisotopic (exact) mass is 528 g/mol. The van der Waals surface area contributed by atoms with Gasteiger partial charge in [0.1, 0.15) is 0 Å². The second kappa shape index (κ2) is 5.00. The van der Waals surface area contributed by atoms with Crippen LogP contribution in [0.5, 0.6) is 0 Å². The first kappa shape index (κ1) is 13.7. The summed E-state index contributed by atoms with van der Waals surface area (Å²) in [6.45, 7) is 1.86. The molecule has 0 bridgehead atoms. The van der Waals surface area contributed by atoms with Crippen molar-refractivity contribution in [2.24, 2.45) is 0 Å². The predicted octanol–water partition coefficient (Wildman–Crippen LogP) is 0.925. The second-order valence-electron chi connectivity index (χ2n) is 2.71. The fourth-order valence-corrected chi connectivity index (χ4v) is 1.18. The molecule has 3 nitrogen and oxygen atoms in total. The first-order valence-corrected chi connectivity index (χ1v) is 3.57. The maximum absolute atomic E-state index is 11.1. The number of nitrogens with one attached hydrogen (secondary N) is 1. The van der Waals surface area contributed by atoms with Crippen LogP contribution in [0.2, 0.25) is 0 Å². The third kappa shape index (κ3) is 2.21. The van der Waals surface area contributed by atoms with Crippen molar-refractivity contribution < 1.29 is 51.7 Å². The van der Waals surface area contributed by atoms with Gasteiger partial charge in [-0.1, -0.05) is 18.2 Å². The molecule has 0 aromatic heterocycles. The molecule has 14 heavy (non-hydrogen) atoms. The summed E-state index contributed by atoms with van der Waals surface area (Å²) in [4.78, 5) is 21.9. The summed E-state index contributed by atoms with van der Waals surface area (Å²) >= 11 is 0. The van der Waals surface area contributed by atoms with E-state index in [0.717, 1.165) is 5.56 Å². The Labute approximate surface area is 110 Å². The van der Waals surface area contributed by atoms with E-state index >= 15 is 0 Å². The van der Waals surface area contributed by atoms with Gasteiger partial charge < -0.3 is 5.32 Å². The zero-order valence-electron chi connectivity index (χ0n) is 7.29. The van der Waals surface area contributed by atoms with Crippen LogP contribution in [-0.4, -0.2) is 11.7 Å². The fraction of sp³-hybridized carbons (Fsp3) is 0.111. The van der Waals surface area contributed by atoms with E-state index < -0.39 is 11.7 Å². The number of benzene rings is 1. The average Bonchev–Trinajstić information content (AvgIpc) is 2.28. The van der Waals surface area contributed by atoms with Crippen LogP contribution < -0.4 is 5.32 Å². The van der Waals surface area contributed by atoms with Crippen molar-refractivity contribution >= 4 is 17.4 Å². The average molecular weight is 528 g/mol. The van der Waals surface area contributed by atoms with Gasteiger partial charge in [0.25, 0.3) is 5.91 Å². The Morgan fingerprint density at radius 1 is 1.21 bits per heavy atom. The van der Waals surface area contributed by atoms with E-state index in [4.69, 9.17) is 0 Å². The van der Waals surface area contributed by atoms with Gasteiger partial charge in [0.2, 0.25) is 0 Å². The quantitative estimate of drug-likeness (QED) is 0.403. The first-order chi connectivity index (χ1) is 5.68. The molecule has 1 aromatic rings. The van der Waals surface area contributed by atoms with Gasteiger partial charge in [-0.2, -0.15) is 23.8 Å². The number of anilines is 1. The number of rotatable bonds is 0. The molecule has 1 amide bonds. The standard InChI is InChI=1S/C9H6NO2.2W/c1-5-2-3-6-7(4-5)10-9(12)8(6)11;;/h2-3H,1H3,(H,10,11,12);;/q-1;;. The van der Waals surface area contributed by atoms with Crippen LogP contribution in [0.3, 0.4) is 0 Å². The van der Waals surface area contributed by atoms with Gasteiger partial charge in [0.15, 0.2) is 5.78 Å². The molecule has 72 valence electrons. The van der Waals surface area contributed by atoms with Crippen LogP contribution >= 0.6 is 0 Å². The minimum absolute atomic E-state index is 0. The smallest absolute Gasteiger partial charge is 0.282 e. The summed E-state index contributed by atoms with van der Waals surface area (Å²) in [7, 11) is 0. The zero-order valence-corrected chi connectivity index (χ0v) is 13.2. The molecule has 1 aliphatic rings. The summed E-state index contributed by atoms with van der Waals surface area (Å²) in [5, 5.41) is 2.44. The molecule has 5 heteroatoms. The summed E-state index contributed by atoms with van der Waals surface area (Å²) in [6.07, 6.45) is 0. The topological polar surface area (TPSA) is 46.2 Å². The second-order valence-corrected chi connectivity index (χ2v) is 2.71. The third-order valence-corrected chi connectivity index (χ3v) is 1.78. The van der Waals surface area contributed by atoms with Gasteiger partial charge in [-0.15, -0.1) is 0 Å². The van der Waals surface area contributed by atoms with Crippen molar-refractivity contribution in [3.8, 4) is 0 Å². The zero-order chi connectivity index (χ0) is 8.72. The first-order valence-electron chi connectivity index (χ1n) is 3.57. The van der Waals surface area contributed by atoms with Crippen molar-refractivity contribution in [2.45, 2.75) is 6.92 Å². The van der Waals surface area contributed by atoms with Crippen LogP contribution in [0.1, 0.15) is 15.9 Å².